The first-order valence-electron chi connectivity index (χ1n) is 11.0. The van der Waals surface area contributed by atoms with E-state index in [2.05, 4.69) is 10.0 Å². The van der Waals surface area contributed by atoms with Crippen molar-refractivity contribution in [2.75, 3.05) is 5.32 Å². The van der Waals surface area contributed by atoms with Crippen molar-refractivity contribution in [2.45, 2.75) is 43.9 Å². The van der Waals surface area contributed by atoms with Crippen molar-refractivity contribution in [3.05, 3.63) is 84.4 Å². The Labute approximate surface area is 205 Å². The van der Waals surface area contributed by atoms with Gasteiger partial charge < -0.3 is 15.2 Å². The number of benzene rings is 3. The summed E-state index contributed by atoms with van der Waals surface area (Å²) in [5, 5.41) is 12.8. The molecule has 184 valence electrons. The molecular formula is C26H28N2O6S. The molecule has 3 N–H and O–H groups in total. The molecule has 0 radical (unpaired) electrons. The predicted molar refractivity (Wildman–Crippen MR) is 133 cm³/mol. The van der Waals surface area contributed by atoms with Crippen LogP contribution >= 0.6 is 0 Å². The molecular weight excluding hydrogens is 468 g/mol. The van der Waals surface area contributed by atoms with Crippen molar-refractivity contribution in [1.29, 1.82) is 0 Å². The summed E-state index contributed by atoms with van der Waals surface area (Å²) >= 11 is 0. The first-order chi connectivity index (χ1) is 16.6. The largest absolute Gasteiger partial charge is 0.451 e. The second kappa shape index (κ2) is 11.3. The highest BCUT2D eigenvalue weighted by Gasteiger charge is 2.33. The Kier molecular flexibility index (Phi) is 8.39. The third-order valence-electron chi connectivity index (χ3n) is 5.28. The average molecular weight is 497 g/mol. The highest BCUT2D eigenvalue weighted by atomic mass is 32.2. The smallest absolute Gasteiger partial charge is 0.327 e. The molecule has 3 atom stereocenters. The number of amides is 1. The summed E-state index contributed by atoms with van der Waals surface area (Å²) in [5.41, 5.74) is 3.07. The Balaban J connectivity index is 1.70. The van der Waals surface area contributed by atoms with Crippen LogP contribution in [0.25, 0.3) is 11.1 Å². The number of hydrogen-bond acceptors (Lipinski definition) is 6. The van der Waals surface area contributed by atoms with E-state index in [4.69, 9.17) is 4.74 Å². The van der Waals surface area contributed by atoms with Crippen LogP contribution in [0, 0.1) is 6.92 Å². The van der Waals surface area contributed by atoms with Gasteiger partial charge in [0.25, 0.3) is 5.91 Å². The minimum Gasteiger partial charge on any atom is -0.451 e. The lowest BCUT2D eigenvalue weighted by Gasteiger charge is -2.22. The number of aliphatic hydroxyl groups excluding tert-OH is 1. The van der Waals surface area contributed by atoms with Crippen molar-refractivity contribution >= 4 is 27.6 Å². The molecule has 0 bridgehead atoms. The van der Waals surface area contributed by atoms with Crippen LogP contribution in [0.4, 0.5) is 5.69 Å². The number of aliphatic hydroxyl groups is 1. The summed E-state index contributed by atoms with van der Waals surface area (Å²) < 4.78 is 32.8. The number of carbonyl (C=O) groups excluding carboxylic acids is 2. The van der Waals surface area contributed by atoms with E-state index in [1.165, 1.54) is 26.0 Å². The first kappa shape index (κ1) is 26.1. The van der Waals surface area contributed by atoms with Gasteiger partial charge in [-0.1, -0.05) is 66.2 Å². The van der Waals surface area contributed by atoms with Crippen molar-refractivity contribution in [2.24, 2.45) is 0 Å². The number of hydrogen-bond donors (Lipinski definition) is 3. The lowest BCUT2D eigenvalue weighted by atomic mass is 10.0. The average Bonchev–Trinajstić information content (AvgIpc) is 2.83. The third-order valence-corrected chi connectivity index (χ3v) is 6.74. The number of sulfonamides is 1. The number of esters is 1. The minimum absolute atomic E-state index is 0.0649. The molecule has 0 saturated carbocycles. The molecule has 8 nitrogen and oxygen atoms in total. The number of anilines is 1. The Morgan fingerprint density at radius 3 is 2.11 bits per heavy atom. The van der Waals surface area contributed by atoms with Gasteiger partial charge in [0.15, 0.2) is 6.10 Å². The van der Waals surface area contributed by atoms with E-state index in [0.717, 1.165) is 16.7 Å². The minimum atomic E-state index is -4.12. The predicted octanol–water partition coefficient (Wildman–Crippen LogP) is 3.26. The van der Waals surface area contributed by atoms with Gasteiger partial charge in [0.05, 0.1) is 11.0 Å². The normalized spacial score (nSPS) is 13.9. The molecule has 0 saturated heterocycles. The van der Waals surface area contributed by atoms with E-state index >= 15 is 0 Å². The van der Waals surface area contributed by atoms with E-state index in [0.29, 0.717) is 5.69 Å². The van der Waals surface area contributed by atoms with Gasteiger partial charge >= 0.3 is 5.97 Å². The zero-order valence-corrected chi connectivity index (χ0v) is 20.5. The summed E-state index contributed by atoms with van der Waals surface area (Å²) in [6, 6.07) is 21.1. The van der Waals surface area contributed by atoms with E-state index in [1.807, 2.05) is 49.4 Å². The topological polar surface area (TPSA) is 122 Å². The van der Waals surface area contributed by atoms with E-state index in [-0.39, 0.29) is 4.90 Å². The fraction of sp³-hybridized carbons (Fsp3) is 0.231. The van der Waals surface area contributed by atoms with Crippen LogP contribution in [0.2, 0.25) is 0 Å². The number of ether oxygens (including phenoxy) is 1. The molecule has 9 heteroatoms. The molecule has 0 fully saturated rings. The number of para-hydroxylation sites is 1. The highest BCUT2D eigenvalue weighted by Crippen LogP contribution is 2.27. The highest BCUT2D eigenvalue weighted by molar-refractivity contribution is 7.89. The Hall–Kier alpha value is -3.53. The first-order valence-corrected chi connectivity index (χ1v) is 12.5. The fourth-order valence-electron chi connectivity index (χ4n) is 3.29. The maximum absolute atomic E-state index is 12.8. The quantitative estimate of drug-likeness (QED) is 0.391. The molecule has 0 aliphatic rings. The van der Waals surface area contributed by atoms with E-state index in [1.54, 1.807) is 24.3 Å². The Bertz CT molecular complexity index is 1270. The van der Waals surface area contributed by atoms with Gasteiger partial charge in [-0.3, -0.25) is 9.59 Å². The van der Waals surface area contributed by atoms with Crippen LogP contribution < -0.4 is 10.0 Å². The number of aryl methyl sites for hydroxylation is 1. The Morgan fingerprint density at radius 1 is 0.886 bits per heavy atom. The molecule has 3 aromatic carbocycles. The molecule has 1 amide bonds. The van der Waals surface area contributed by atoms with E-state index < -0.39 is 40.1 Å². The Morgan fingerprint density at radius 2 is 1.49 bits per heavy atom. The van der Waals surface area contributed by atoms with Crippen molar-refractivity contribution in [3.63, 3.8) is 0 Å². The third kappa shape index (κ3) is 6.75. The lowest BCUT2D eigenvalue weighted by molar-refractivity contribution is -0.157. The second-order valence-corrected chi connectivity index (χ2v) is 9.85. The van der Waals surface area contributed by atoms with Crippen molar-refractivity contribution < 1.29 is 27.9 Å². The van der Waals surface area contributed by atoms with Crippen molar-refractivity contribution in [1.82, 2.24) is 4.72 Å². The number of carbonyl (C=O) groups is 2. The van der Waals surface area contributed by atoms with Gasteiger partial charge in [0.1, 0.15) is 6.04 Å². The summed E-state index contributed by atoms with van der Waals surface area (Å²) in [6.07, 6.45) is -2.66. The van der Waals surface area contributed by atoms with Crippen molar-refractivity contribution in [3.8, 4) is 11.1 Å². The summed E-state index contributed by atoms with van der Waals surface area (Å²) in [4.78, 5) is 25.4. The van der Waals surface area contributed by atoms with Crippen LogP contribution in [0.3, 0.4) is 0 Å². The molecule has 0 aromatic heterocycles. The summed E-state index contributed by atoms with van der Waals surface area (Å²) in [5.74, 6) is -1.68. The molecule has 0 heterocycles. The lowest BCUT2D eigenvalue weighted by Crippen LogP contribution is -2.49. The molecule has 3 unspecified atom stereocenters. The van der Waals surface area contributed by atoms with Crippen LogP contribution in [0.15, 0.2) is 83.8 Å². The molecule has 35 heavy (non-hydrogen) atoms. The maximum atomic E-state index is 12.8. The zero-order chi connectivity index (χ0) is 25.6. The van der Waals surface area contributed by atoms with Gasteiger partial charge in [-0.05, 0) is 44.5 Å². The van der Waals surface area contributed by atoms with Crippen LogP contribution in [-0.2, 0) is 24.3 Å². The number of nitrogens with one attached hydrogen (secondary N) is 2. The molecule has 0 aliphatic carbocycles. The molecule has 0 spiro atoms. The fourth-order valence-corrected chi connectivity index (χ4v) is 4.55. The summed E-state index contributed by atoms with van der Waals surface area (Å²) in [6.45, 7) is 4.43. The van der Waals surface area contributed by atoms with Gasteiger partial charge in [0, 0.05) is 11.3 Å². The maximum Gasteiger partial charge on any atom is 0.327 e. The zero-order valence-electron chi connectivity index (χ0n) is 19.6. The van der Waals surface area contributed by atoms with Gasteiger partial charge in [-0.15, -0.1) is 0 Å². The summed E-state index contributed by atoms with van der Waals surface area (Å²) in [7, 11) is -4.12. The second-order valence-electron chi connectivity index (χ2n) is 8.13. The monoisotopic (exact) mass is 496 g/mol. The molecule has 3 aromatic rings. The standard InChI is InChI=1S/C26H28N2O6S/c1-17-13-15-21(16-14-17)35(32,33)28-24(18(2)29)26(31)34-19(3)25(30)27-23-12-8-7-11-22(23)20-9-5-4-6-10-20/h4-16,18-19,24,28-29H,1-3H3,(H,27,30). The van der Waals surface area contributed by atoms with E-state index in [9.17, 15) is 23.1 Å². The van der Waals surface area contributed by atoms with Crippen LogP contribution in [0.5, 0.6) is 0 Å². The molecule has 0 aliphatic heterocycles. The SMILES string of the molecule is Cc1ccc(S(=O)(=O)NC(C(=O)OC(C)C(=O)Nc2ccccc2-c2ccccc2)C(C)O)cc1. The number of rotatable bonds is 9. The van der Waals surface area contributed by atoms with Crippen LogP contribution in [-0.4, -0.2) is 43.7 Å². The van der Waals surface area contributed by atoms with Gasteiger partial charge in [0.2, 0.25) is 10.0 Å². The van der Waals surface area contributed by atoms with Gasteiger partial charge in [-0.25, -0.2) is 8.42 Å². The van der Waals surface area contributed by atoms with Crippen LogP contribution in [0.1, 0.15) is 19.4 Å². The van der Waals surface area contributed by atoms with Gasteiger partial charge in [-0.2, -0.15) is 4.72 Å². The molecule has 3 rings (SSSR count).